The van der Waals surface area contributed by atoms with E-state index < -0.39 is 0 Å². The van der Waals surface area contributed by atoms with Crippen LogP contribution in [0.5, 0.6) is 0 Å². The van der Waals surface area contributed by atoms with Gasteiger partial charge in [0.15, 0.2) is 5.34 Å². The van der Waals surface area contributed by atoms with E-state index in [1.807, 2.05) is 13.8 Å². The summed E-state index contributed by atoms with van der Waals surface area (Å²) in [6, 6.07) is 0. The molecule has 0 aliphatic carbocycles. The molecule has 0 saturated carbocycles. The predicted octanol–water partition coefficient (Wildman–Crippen LogP) is 2.19. The average Bonchev–Trinajstić information content (AvgIpc) is 1.98. The van der Waals surface area contributed by atoms with Gasteiger partial charge in [0.2, 0.25) is 0 Å². The molecule has 0 aromatic carbocycles. The number of hydrogen-bond acceptors (Lipinski definition) is 4. The lowest BCUT2D eigenvalue weighted by molar-refractivity contribution is -0.328. The van der Waals surface area contributed by atoms with Crippen molar-refractivity contribution in [2.75, 3.05) is 0 Å². The Morgan fingerprint density at radius 3 is 2.60 bits per heavy atom. The Morgan fingerprint density at radius 1 is 1.50 bits per heavy atom. The molecule has 0 bridgehead atoms. The Kier molecular flexibility index (Phi) is 6.06. The second kappa shape index (κ2) is 6.48. The zero-order chi connectivity index (χ0) is 7.82. The Hall–Kier alpha value is -0.640. The van der Waals surface area contributed by atoms with Crippen LogP contribution in [0.25, 0.3) is 0 Å². The molecule has 0 aliphatic heterocycles. The van der Waals surface area contributed by atoms with E-state index in [2.05, 4.69) is 15.2 Å². The predicted molar refractivity (Wildman–Crippen MR) is 37.0 cm³/mol. The molecule has 0 aromatic heterocycles. The highest BCUT2D eigenvalue weighted by Gasteiger charge is 2.05. The normalized spacial score (nSPS) is 12.6. The monoisotopic (exact) mass is 147 g/mol. The van der Waals surface area contributed by atoms with Crippen LogP contribution in [0.4, 0.5) is 0 Å². The topological polar surface area (TPSA) is 47.9 Å². The summed E-state index contributed by atoms with van der Waals surface area (Å²) in [4.78, 5) is 17.9. The van der Waals surface area contributed by atoms with E-state index in [-0.39, 0.29) is 6.10 Å². The molecule has 0 N–H and O–H groups in total. The van der Waals surface area contributed by atoms with Gasteiger partial charge in [0.25, 0.3) is 0 Å². The molecule has 0 rings (SSSR count). The van der Waals surface area contributed by atoms with Crippen molar-refractivity contribution in [3.8, 4) is 0 Å². The van der Waals surface area contributed by atoms with Crippen molar-refractivity contribution in [1.29, 1.82) is 0 Å². The summed E-state index contributed by atoms with van der Waals surface area (Å²) in [6.45, 7) is 4.01. The van der Waals surface area contributed by atoms with Gasteiger partial charge >= 0.3 is 0 Å². The molecular weight excluding hydrogens is 134 g/mol. The number of rotatable bonds is 6. The fourth-order valence-electron chi connectivity index (χ4n) is 0.721. The molecule has 0 radical (unpaired) electrons. The summed E-state index contributed by atoms with van der Waals surface area (Å²) in [5.74, 6) is 0. The molecule has 0 fully saturated rings. The van der Waals surface area contributed by atoms with Crippen LogP contribution < -0.4 is 0 Å². The van der Waals surface area contributed by atoms with Crippen LogP contribution >= 0.6 is 0 Å². The summed E-state index contributed by atoms with van der Waals surface area (Å²) in [6.07, 6.45) is 2.75. The largest absolute Gasteiger partial charge is 0.190 e. The van der Waals surface area contributed by atoms with Crippen molar-refractivity contribution in [3.05, 3.63) is 4.91 Å². The van der Waals surface area contributed by atoms with E-state index >= 15 is 0 Å². The van der Waals surface area contributed by atoms with Gasteiger partial charge in [0.05, 0.1) is 0 Å². The van der Waals surface area contributed by atoms with Gasteiger partial charge in [0, 0.05) is 0 Å². The summed E-state index contributed by atoms with van der Waals surface area (Å²) in [5.41, 5.74) is 0. The molecule has 60 valence electrons. The summed E-state index contributed by atoms with van der Waals surface area (Å²) in [5, 5.41) is 2.13. The van der Waals surface area contributed by atoms with Crippen LogP contribution in [-0.4, -0.2) is 6.10 Å². The molecule has 1 atom stereocenters. The van der Waals surface area contributed by atoms with Crippen LogP contribution in [0, 0.1) is 4.91 Å². The molecule has 0 amide bonds. The second-order valence-corrected chi connectivity index (χ2v) is 2.06. The first-order valence-electron chi connectivity index (χ1n) is 3.50. The maximum atomic E-state index is 9.43. The SMILES string of the molecule is CCCC(CC)OON=O. The highest BCUT2D eigenvalue weighted by molar-refractivity contribution is 4.50. The quantitative estimate of drug-likeness (QED) is 0.328. The van der Waals surface area contributed by atoms with E-state index in [9.17, 15) is 4.91 Å². The zero-order valence-electron chi connectivity index (χ0n) is 6.37. The van der Waals surface area contributed by atoms with Crippen LogP contribution in [0.3, 0.4) is 0 Å². The molecule has 4 heteroatoms. The lowest BCUT2D eigenvalue weighted by atomic mass is 10.2. The van der Waals surface area contributed by atoms with Gasteiger partial charge in [-0.3, -0.25) is 0 Å². The van der Waals surface area contributed by atoms with Gasteiger partial charge in [0.1, 0.15) is 6.10 Å². The van der Waals surface area contributed by atoms with Crippen molar-refractivity contribution in [1.82, 2.24) is 0 Å². The first-order chi connectivity index (χ1) is 4.85. The van der Waals surface area contributed by atoms with Gasteiger partial charge in [-0.05, 0) is 12.8 Å². The lowest BCUT2D eigenvalue weighted by Gasteiger charge is -2.08. The van der Waals surface area contributed by atoms with Crippen LogP contribution in [0.15, 0.2) is 5.34 Å². The third-order valence-corrected chi connectivity index (χ3v) is 1.28. The highest BCUT2D eigenvalue weighted by Crippen LogP contribution is 2.06. The van der Waals surface area contributed by atoms with E-state index in [1.54, 1.807) is 0 Å². The Morgan fingerprint density at radius 2 is 2.20 bits per heavy atom. The van der Waals surface area contributed by atoms with Crippen molar-refractivity contribution >= 4 is 0 Å². The molecule has 0 aromatic rings. The standard InChI is InChI=1S/C6H13NO3/c1-3-5-6(4-2)9-10-7-8/h6H,3-5H2,1-2H3. The molecule has 10 heavy (non-hydrogen) atoms. The smallest absolute Gasteiger partial charge is 0.181 e. The molecule has 0 saturated heterocycles. The van der Waals surface area contributed by atoms with Crippen LogP contribution in [0.2, 0.25) is 0 Å². The third-order valence-electron chi connectivity index (χ3n) is 1.28. The molecular formula is C6H13NO3. The van der Waals surface area contributed by atoms with Gasteiger partial charge in [-0.15, -0.1) is 4.91 Å². The molecule has 0 heterocycles. The Labute approximate surface area is 60.4 Å². The van der Waals surface area contributed by atoms with Crippen molar-refractivity contribution < 1.29 is 9.88 Å². The van der Waals surface area contributed by atoms with Crippen molar-refractivity contribution in [2.24, 2.45) is 5.34 Å². The van der Waals surface area contributed by atoms with E-state index in [4.69, 9.17) is 0 Å². The number of nitrogens with zero attached hydrogens (tertiary/aromatic N) is 1. The van der Waals surface area contributed by atoms with Crippen molar-refractivity contribution in [3.63, 3.8) is 0 Å². The average molecular weight is 147 g/mol. The minimum atomic E-state index is 0.00250. The Bertz CT molecular complexity index is 87.1. The third kappa shape index (κ3) is 4.26. The number of hydrogen-bond donors (Lipinski definition) is 0. The van der Waals surface area contributed by atoms with Gasteiger partial charge in [-0.2, -0.15) is 9.88 Å². The van der Waals surface area contributed by atoms with Gasteiger partial charge in [-0.1, -0.05) is 20.3 Å². The highest BCUT2D eigenvalue weighted by atomic mass is 17.3. The minimum absolute atomic E-state index is 0.00250. The second-order valence-electron chi connectivity index (χ2n) is 2.06. The summed E-state index contributed by atoms with van der Waals surface area (Å²) in [7, 11) is 0. The minimum Gasteiger partial charge on any atom is -0.181 e. The van der Waals surface area contributed by atoms with E-state index in [1.165, 1.54) is 0 Å². The molecule has 4 nitrogen and oxygen atoms in total. The summed E-state index contributed by atoms with van der Waals surface area (Å²) >= 11 is 0. The fraction of sp³-hybridized carbons (Fsp3) is 1.00. The maximum Gasteiger partial charge on any atom is 0.190 e. The molecule has 0 spiro atoms. The molecule has 0 aliphatic rings. The van der Waals surface area contributed by atoms with Crippen LogP contribution in [-0.2, 0) is 9.88 Å². The van der Waals surface area contributed by atoms with Crippen LogP contribution in [0.1, 0.15) is 33.1 Å². The first-order valence-corrected chi connectivity index (χ1v) is 3.50. The first kappa shape index (κ1) is 9.36. The summed E-state index contributed by atoms with van der Waals surface area (Å²) < 4.78 is 0. The zero-order valence-corrected chi connectivity index (χ0v) is 6.37. The lowest BCUT2D eigenvalue weighted by Crippen LogP contribution is -2.09. The van der Waals surface area contributed by atoms with E-state index in [0.717, 1.165) is 19.3 Å². The maximum absolute atomic E-state index is 9.43. The van der Waals surface area contributed by atoms with E-state index in [0.29, 0.717) is 0 Å². The van der Waals surface area contributed by atoms with Gasteiger partial charge in [-0.25, -0.2) is 0 Å². The fourth-order valence-corrected chi connectivity index (χ4v) is 0.721. The van der Waals surface area contributed by atoms with Gasteiger partial charge < -0.3 is 0 Å². The molecule has 1 unspecified atom stereocenters. The Balaban J connectivity index is 3.29. The van der Waals surface area contributed by atoms with Crippen molar-refractivity contribution in [2.45, 2.75) is 39.2 Å².